The highest BCUT2D eigenvalue weighted by Crippen LogP contribution is 2.27. The van der Waals surface area contributed by atoms with Crippen LogP contribution in [-0.2, 0) is 9.53 Å². The van der Waals surface area contributed by atoms with Gasteiger partial charge in [0.25, 0.3) is 0 Å². The van der Waals surface area contributed by atoms with E-state index in [4.69, 9.17) is 14.9 Å². The molecule has 0 atom stereocenters. The standard InChI is InChI=1S/C19H18FN3O3.ClH/c20-13-3-1-12(2-4-13)17-23-15-6-5-14(11-16(15)26-17)22-18(24)19(21)7-9-25-10-8-19;/h1-6,11H,7-10,21H2,(H,22,24);1H. The molecule has 0 aliphatic carbocycles. The minimum Gasteiger partial charge on any atom is -0.436 e. The van der Waals surface area contributed by atoms with Gasteiger partial charge >= 0.3 is 0 Å². The van der Waals surface area contributed by atoms with Gasteiger partial charge in [0.2, 0.25) is 11.8 Å². The third-order valence-corrected chi connectivity index (χ3v) is 4.57. The number of nitrogens with one attached hydrogen (secondary N) is 1. The van der Waals surface area contributed by atoms with Gasteiger partial charge in [-0.3, -0.25) is 4.79 Å². The summed E-state index contributed by atoms with van der Waals surface area (Å²) in [5.74, 6) is -0.166. The van der Waals surface area contributed by atoms with Gasteiger partial charge in [-0.1, -0.05) is 0 Å². The predicted molar refractivity (Wildman–Crippen MR) is 102 cm³/mol. The van der Waals surface area contributed by atoms with Crippen molar-refractivity contribution >= 4 is 35.1 Å². The van der Waals surface area contributed by atoms with Gasteiger partial charge < -0.3 is 20.2 Å². The van der Waals surface area contributed by atoms with Crippen LogP contribution >= 0.6 is 12.4 Å². The molecular formula is C19H19ClFN3O3. The van der Waals surface area contributed by atoms with Crippen molar-refractivity contribution in [2.75, 3.05) is 18.5 Å². The van der Waals surface area contributed by atoms with E-state index >= 15 is 0 Å². The van der Waals surface area contributed by atoms with Gasteiger partial charge in [-0.15, -0.1) is 12.4 Å². The molecule has 27 heavy (non-hydrogen) atoms. The number of ether oxygens (including phenoxy) is 1. The van der Waals surface area contributed by atoms with E-state index in [-0.39, 0.29) is 24.1 Å². The number of aromatic nitrogens is 1. The quantitative estimate of drug-likeness (QED) is 0.713. The normalized spacial score (nSPS) is 15.9. The van der Waals surface area contributed by atoms with E-state index in [0.717, 1.165) is 0 Å². The maximum Gasteiger partial charge on any atom is 0.244 e. The van der Waals surface area contributed by atoms with Crippen LogP contribution in [0.4, 0.5) is 10.1 Å². The van der Waals surface area contributed by atoms with Crippen LogP contribution in [0.15, 0.2) is 46.9 Å². The van der Waals surface area contributed by atoms with Crippen molar-refractivity contribution in [3.63, 3.8) is 0 Å². The number of anilines is 1. The molecular weight excluding hydrogens is 373 g/mol. The molecule has 0 unspecified atom stereocenters. The SMILES string of the molecule is Cl.NC1(C(=O)Nc2ccc3nc(-c4ccc(F)cc4)oc3c2)CCOCC1. The van der Waals surface area contributed by atoms with Gasteiger partial charge in [0, 0.05) is 30.5 Å². The Balaban J connectivity index is 0.00000210. The number of carbonyl (C=O) groups is 1. The van der Waals surface area contributed by atoms with E-state index in [1.54, 1.807) is 30.3 Å². The number of nitrogens with two attached hydrogens (primary N) is 1. The zero-order valence-electron chi connectivity index (χ0n) is 14.4. The lowest BCUT2D eigenvalue weighted by Crippen LogP contribution is -2.54. The van der Waals surface area contributed by atoms with E-state index in [1.165, 1.54) is 12.1 Å². The van der Waals surface area contributed by atoms with E-state index in [0.29, 0.717) is 54.3 Å². The summed E-state index contributed by atoms with van der Waals surface area (Å²) in [6, 6.07) is 11.1. The second kappa shape index (κ2) is 7.64. The fourth-order valence-electron chi connectivity index (χ4n) is 2.94. The number of benzene rings is 2. The number of hydrogen-bond acceptors (Lipinski definition) is 5. The van der Waals surface area contributed by atoms with Crippen molar-refractivity contribution < 1.29 is 18.3 Å². The number of oxazole rings is 1. The fraction of sp³-hybridized carbons (Fsp3) is 0.263. The van der Waals surface area contributed by atoms with Crippen molar-refractivity contribution in [2.45, 2.75) is 18.4 Å². The second-order valence-corrected chi connectivity index (χ2v) is 6.43. The van der Waals surface area contributed by atoms with Gasteiger partial charge in [-0.2, -0.15) is 0 Å². The summed E-state index contributed by atoms with van der Waals surface area (Å²) in [5, 5.41) is 2.84. The highest BCUT2D eigenvalue weighted by Gasteiger charge is 2.35. The summed E-state index contributed by atoms with van der Waals surface area (Å²) in [7, 11) is 0. The molecule has 1 fully saturated rings. The molecule has 3 N–H and O–H groups in total. The minimum atomic E-state index is -0.923. The number of nitrogens with zero attached hydrogens (tertiary/aromatic N) is 1. The van der Waals surface area contributed by atoms with E-state index < -0.39 is 5.54 Å². The van der Waals surface area contributed by atoms with E-state index in [1.807, 2.05) is 0 Å². The lowest BCUT2D eigenvalue weighted by atomic mass is 9.90. The lowest BCUT2D eigenvalue weighted by molar-refractivity contribution is -0.124. The third-order valence-electron chi connectivity index (χ3n) is 4.57. The number of fused-ring (bicyclic) bond motifs is 1. The minimum absolute atomic E-state index is 0. The monoisotopic (exact) mass is 391 g/mol. The van der Waals surface area contributed by atoms with Crippen LogP contribution in [0.25, 0.3) is 22.6 Å². The molecule has 1 aliphatic heterocycles. The molecule has 1 aromatic heterocycles. The van der Waals surface area contributed by atoms with Gasteiger partial charge in [0.1, 0.15) is 16.9 Å². The Morgan fingerprint density at radius 2 is 1.85 bits per heavy atom. The summed E-state index contributed by atoms with van der Waals surface area (Å²) in [4.78, 5) is 16.9. The average Bonchev–Trinajstić information content (AvgIpc) is 3.06. The van der Waals surface area contributed by atoms with Crippen LogP contribution in [-0.4, -0.2) is 29.6 Å². The van der Waals surface area contributed by atoms with Crippen LogP contribution in [0.1, 0.15) is 12.8 Å². The van der Waals surface area contributed by atoms with Crippen molar-refractivity contribution in [3.05, 3.63) is 48.3 Å². The highest BCUT2D eigenvalue weighted by molar-refractivity contribution is 5.99. The summed E-state index contributed by atoms with van der Waals surface area (Å²) in [5.41, 5.74) is 7.71. The summed E-state index contributed by atoms with van der Waals surface area (Å²) < 4.78 is 24.1. The van der Waals surface area contributed by atoms with Crippen LogP contribution in [0, 0.1) is 5.82 Å². The molecule has 1 saturated heterocycles. The first-order valence-electron chi connectivity index (χ1n) is 8.38. The number of amides is 1. The Hall–Kier alpha value is -2.48. The third kappa shape index (κ3) is 3.95. The van der Waals surface area contributed by atoms with Gasteiger partial charge in [-0.05, 0) is 49.2 Å². The van der Waals surface area contributed by atoms with Crippen LogP contribution in [0.3, 0.4) is 0 Å². The second-order valence-electron chi connectivity index (χ2n) is 6.43. The summed E-state index contributed by atoms with van der Waals surface area (Å²) in [6.45, 7) is 0.957. The van der Waals surface area contributed by atoms with Gasteiger partial charge in [-0.25, -0.2) is 9.37 Å². The molecule has 1 amide bonds. The lowest BCUT2D eigenvalue weighted by Gasteiger charge is -2.31. The molecule has 8 heteroatoms. The predicted octanol–water partition coefficient (Wildman–Crippen LogP) is 3.50. The van der Waals surface area contributed by atoms with Crippen LogP contribution in [0.5, 0.6) is 0 Å². The molecule has 2 heterocycles. The zero-order chi connectivity index (χ0) is 18.1. The van der Waals surface area contributed by atoms with Gasteiger partial charge in [0.15, 0.2) is 5.58 Å². The highest BCUT2D eigenvalue weighted by atomic mass is 35.5. The van der Waals surface area contributed by atoms with E-state index in [9.17, 15) is 9.18 Å². The molecule has 2 aromatic carbocycles. The Morgan fingerprint density at radius 3 is 2.56 bits per heavy atom. The fourth-order valence-corrected chi connectivity index (χ4v) is 2.94. The molecule has 0 spiro atoms. The largest absolute Gasteiger partial charge is 0.436 e. The number of hydrogen-bond donors (Lipinski definition) is 2. The molecule has 0 bridgehead atoms. The summed E-state index contributed by atoms with van der Waals surface area (Å²) in [6.07, 6.45) is 0.968. The van der Waals surface area contributed by atoms with Gasteiger partial charge in [0.05, 0.1) is 0 Å². The van der Waals surface area contributed by atoms with Crippen molar-refractivity contribution in [3.8, 4) is 11.5 Å². The molecule has 6 nitrogen and oxygen atoms in total. The Bertz CT molecular complexity index is 952. The molecule has 4 rings (SSSR count). The topological polar surface area (TPSA) is 90.4 Å². The van der Waals surface area contributed by atoms with Crippen LogP contribution in [0.2, 0.25) is 0 Å². The van der Waals surface area contributed by atoms with Crippen molar-refractivity contribution in [2.24, 2.45) is 5.73 Å². The molecule has 142 valence electrons. The molecule has 1 aliphatic rings. The molecule has 0 radical (unpaired) electrons. The maximum atomic E-state index is 13.1. The average molecular weight is 392 g/mol. The number of rotatable bonds is 3. The number of carbonyl (C=O) groups excluding carboxylic acids is 1. The summed E-state index contributed by atoms with van der Waals surface area (Å²) >= 11 is 0. The van der Waals surface area contributed by atoms with E-state index in [2.05, 4.69) is 10.3 Å². The first kappa shape index (κ1) is 19.3. The Kier molecular flexibility index (Phi) is 5.46. The zero-order valence-corrected chi connectivity index (χ0v) is 15.2. The molecule has 0 saturated carbocycles. The van der Waals surface area contributed by atoms with Crippen molar-refractivity contribution in [1.29, 1.82) is 0 Å². The first-order chi connectivity index (χ1) is 12.5. The van der Waals surface area contributed by atoms with Crippen LogP contribution < -0.4 is 11.1 Å². The van der Waals surface area contributed by atoms with Crippen molar-refractivity contribution in [1.82, 2.24) is 4.98 Å². The Morgan fingerprint density at radius 1 is 1.15 bits per heavy atom. The Labute approximate surface area is 161 Å². The maximum absolute atomic E-state index is 13.1. The first-order valence-corrected chi connectivity index (χ1v) is 8.38. The smallest absolute Gasteiger partial charge is 0.244 e. The number of halogens is 2. The molecule has 3 aromatic rings.